The molecular weight excluding hydrogens is 384 g/mol. The molecule has 9 heteroatoms. The quantitative estimate of drug-likeness (QED) is 0.480. The Hall–Kier alpha value is -2.68. The van der Waals surface area contributed by atoms with Crippen molar-refractivity contribution in [1.29, 1.82) is 0 Å². The molecule has 0 radical (unpaired) electrons. The van der Waals surface area contributed by atoms with Gasteiger partial charge in [0.2, 0.25) is 0 Å². The normalized spacial score (nSPS) is 16.2. The third-order valence-corrected chi connectivity index (χ3v) is 5.14. The van der Waals surface area contributed by atoms with Crippen molar-refractivity contribution >= 4 is 35.1 Å². The Kier molecular flexibility index (Phi) is 7.74. The minimum atomic E-state index is -0.585. The van der Waals surface area contributed by atoms with Crippen molar-refractivity contribution in [2.45, 2.75) is 46.1 Å². The first kappa shape index (κ1) is 21.6. The Morgan fingerprint density at radius 1 is 1.14 bits per heavy atom. The highest BCUT2D eigenvalue weighted by molar-refractivity contribution is 7.14. The summed E-state index contributed by atoms with van der Waals surface area (Å²) in [5.74, 6) is -1.28. The monoisotopic (exact) mass is 408 g/mol. The molecule has 0 aliphatic carbocycles. The number of hydrogen-bond acceptors (Lipinski definition) is 7. The fraction of sp³-hybridized carbons (Fsp3) is 0.474. The zero-order valence-corrected chi connectivity index (χ0v) is 16.9. The Morgan fingerprint density at radius 2 is 1.89 bits per heavy atom. The minimum absolute atomic E-state index is 0.0358. The van der Waals surface area contributed by atoms with Crippen LogP contribution < -0.4 is 10.6 Å². The molecular formula is C19H24N2O6S. The van der Waals surface area contributed by atoms with E-state index in [0.717, 1.165) is 4.88 Å². The van der Waals surface area contributed by atoms with Crippen molar-refractivity contribution in [1.82, 2.24) is 10.6 Å². The molecule has 2 rings (SSSR count). The lowest BCUT2D eigenvalue weighted by Gasteiger charge is -2.28. The van der Waals surface area contributed by atoms with Crippen molar-refractivity contribution in [2.24, 2.45) is 0 Å². The van der Waals surface area contributed by atoms with E-state index in [2.05, 4.69) is 10.6 Å². The summed E-state index contributed by atoms with van der Waals surface area (Å²) >= 11 is 1.38. The highest BCUT2D eigenvalue weighted by Crippen LogP contribution is 2.19. The molecule has 0 saturated carbocycles. The lowest BCUT2D eigenvalue weighted by molar-refractivity contribution is -0.143. The van der Waals surface area contributed by atoms with Gasteiger partial charge in [-0.2, -0.15) is 0 Å². The molecule has 0 bridgehead atoms. The van der Waals surface area contributed by atoms with Crippen molar-refractivity contribution in [2.75, 3.05) is 13.2 Å². The van der Waals surface area contributed by atoms with E-state index in [9.17, 15) is 19.2 Å². The van der Waals surface area contributed by atoms with E-state index >= 15 is 0 Å². The Morgan fingerprint density at radius 3 is 2.50 bits per heavy atom. The number of thiophene rings is 1. The number of rotatable bonds is 9. The second-order valence-corrected chi connectivity index (χ2v) is 7.45. The summed E-state index contributed by atoms with van der Waals surface area (Å²) in [6.07, 6.45) is 0.434. The zero-order valence-electron chi connectivity index (χ0n) is 16.1. The van der Waals surface area contributed by atoms with Crippen molar-refractivity contribution in [3.8, 4) is 0 Å². The second-order valence-electron chi connectivity index (χ2n) is 6.17. The van der Waals surface area contributed by atoms with Gasteiger partial charge in [0.05, 0.1) is 35.2 Å². The van der Waals surface area contributed by atoms with E-state index in [-0.39, 0.29) is 43.1 Å². The summed E-state index contributed by atoms with van der Waals surface area (Å²) in [7, 11) is 0. The topological polar surface area (TPSA) is 111 Å². The van der Waals surface area contributed by atoms with Gasteiger partial charge in [0.1, 0.15) is 6.61 Å². The average molecular weight is 408 g/mol. The van der Waals surface area contributed by atoms with Gasteiger partial charge in [-0.05, 0) is 32.4 Å². The van der Waals surface area contributed by atoms with Crippen LogP contribution in [-0.2, 0) is 19.1 Å². The molecule has 152 valence electrons. The number of ether oxygens (including phenoxy) is 2. The van der Waals surface area contributed by atoms with E-state index < -0.39 is 24.0 Å². The molecule has 1 aromatic heterocycles. The van der Waals surface area contributed by atoms with Gasteiger partial charge < -0.3 is 20.1 Å². The number of ketones is 1. The molecule has 28 heavy (non-hydrogen) atoms. The number of carbonyl (C=O) groups is 4. The summed E-state index contributed by atoms with van der Waals surface area (Å²) in [6.45, 7) is 5.31. The highest BCUT2D eigenvalue weighted by atomic mass is 32.1. The SMILES string of the molecule is CCOC(=O)C1=C(COC(=O)CCC(=O)c2ccc(C)s2)NC(=O)N[C@H]1CC. The minimum Gasteiger partial charge on any atom is -0.463 e. The largest absolute Gasteiger partial charge is 0.463 e. The highest BCUT2D eigenvalue weighted by Gasteiger charge is 2.32. The van der Waals surface area contributed by atoms with Crippen LogP contribution in [0.15, 0.2) is 23.4 Å². The standard InChI is InChI=1S/C19H24N2O6S/c1-4-12-17(18(24)26-5-2)13(21-19(25)20-12)10-27-16(23)9-7-14(22)15-8-6-11(3)28-15/h6,8,12H,4-5,7,9-10H2,1-3H3,(H2,20,21,25)/t12-/m0/s1. The van der Waals surface area contributed by atoms with E-state index in [0.29, 0.717) is 11.3 Å². The van der Waals surface area contributed by atoms with Gasteiger partial charge in [0, 0.05) is 11.3 Å². The Bertz CT molecular complexity index is 798. The first-order chi connectivity index (χ1) is 13.3. The number of nitrogens with one attached hydrogen (secondary N) is 2. The van der Waals surface area contributed by atoms with Crippen molar-refractivity contribution < 1.29 is 28.7 Å². The number of hydrogen-bond donors (Lipinski definition) is 2. The van der Waals surface area contributed by atoms with Crippen LogP contribution in [0.2, 0.25) is 0 Å². The maximum atomic E-state index is 12.2. The predicted octanol–water partition coefficient (Wildman–Crippen LogP) is 2.47. The second kappa shape index (κ2) is 10.0. The van der Waals surface area contributed by atoms with Crippen LogP contribution in [0.1, 0.15) is 47.7 Å². The number of esters is 2. The van der Waals surface area contributed by atoms with Crippen LogP contribution in [0.4, 0.5) is 4.79 Å². The number of aryl methyl sites for hydroxylation is 1. The van der Waals surface area contributed by atoms with Gasteiger partial charge in [0.25, 0.3) is 0 Å². The molecule has 0 saturated heterocycles. The van der Waals surface area contributed by atoms with E-state index in [1.807, 2.05) is 19.9 Å². The van der Waals surface area contributed by atoms with Crippen LogP contribution in [0, 0.1) is 6.92 Å². The number of urea groups is 1. The van der Waals surface area contributed by atoms with Gasteiger partial charge in [-0.1, -0.05) is 6.92 Å². The average Bonchev–Trinajstić information content (AvgIpc) is 3.10. The van der Waals surface area contributed by atoms with Crippen LogP contribution in [0.5, 0.6) is 0 Å². The third-order valence-electron chi connectivity index (χ3n) is 4.10. The molecule has 8 nitrogen and oxygen atoms in total. The van der Waals surface area contributed by atoms with Crippen molar-refractivity contribution in [3.05, 3.63) is 33.2 Å². The summed E-state index contributed by atoms with van der Waals surface area (Å²) in [4.78, 5) is 49.8. The molecule has 0 unspecified atom stereocenters. The number of Topliss-reactive ketones (excluding diaryl/α,β-unsaturated/α-hetero) is 1. The smallest absolute Gasteiger partial charge is 0.338 e. The van der Waals surface area contributed by atoms with Gasteiger partial charge in [-0.3, -0.25) is 9.59 Å². The molecule has 0 spiro atoms. The van der Waals surface area contributed by atoms with E-state index in [4.69, 9.17) is 9.47 Å². The number of amides is 2. The fourth-order valence-electron chi connectivity index (χ4n) is 2.72. The summed E-state index contributed by atoms with van der Waals surface area (Å²) in [5, 5.41) is 5.15. The molecule has 2 amide bonds. The zero-order chi connectivity index (χ0) is 20.7. The van der Waals surface area contributed by atoms with E-state index in [1.165, 1.54) is 11.3 Å². The molecule has 1 aliphatic heterocycles. The summed E-state index contributed by atoms with van der Waals surface area (Å²) < 4.78 is 10.2. The maximum Gasteiger partial charge on any atom is 0.338 e. The molecule has 1 aliphatic rings. The van der Waals surface area contributed by atoms with E-state index in [1.54, 1.807) is 13.0 Å². The predicted molar refractivity (Wildman–Crippen MR) is 103 cm³/mol. The van der Waals surface area contributed by atoms with Crippen molar-refractivity contribution in [3.63, 3.8) is 0 Å². The summed E-state index contributed by atoms with van der Waals surface area (Å²) in [6, 6.07) is 2.59. The molecule has 2 N–H and O–H groups in total. The molecule has 0 fully saturated rings. The molecule has 1 aromatic rings. The fourth-order valence-corrected chi connectivity index (χ4v) is 3.56. The first-order valence-electron chi connectivity index (χ1n) is 9.08. The lowest BCUT2D eigenvalue weighted by Crippen LogP contribution is -2.51. The van der Waals surface area contributed by atoms with Crippen LogP contribution in [0.25, 0.3) is 0 Å². The van der Waals surface area contributed by atoms with Gasteiger partial charge >= 0.3 is 18.0 Å². The summed E-state index contributed by atoms with van der Waals surface area (Å²) in [5.41, 5.74) is 0.435. The Labute approximate surface area is 167 Å². The molecule has 2 heterocycles. The maximum absolute atomic E-state index is 12.2. The van der Waals surface area contributed by atoms with Gasteiger partial charge in [-0.25, -0.2) is 9.59 Å². The van der Waals surface area contributed by atoms with Crippen LogP contribution in [-0.4, -0.2) is 43.0 Å². The van der Waals surface area contributed by atoms with Gasteiger partial charge in [-0.15, -0.1) is 11.3 Å². The van der Waals surface area contributed by atoms with Crippen LogP contribution in [0.3, 0.4) is 0 Å². The van der Waals surface area contributed by atoms with Gasteiger partial charge in [0.15, 0.2) is 5.78 Å². The third kappa shape index (κ3) is 5.66. The Balaban J connectivity index is 1.98. The number of carbonyl (C=O) groups excluding carboxylic acids is 4. The lowest BCUT2D eigenvalue weighted by atomic mass is 10.0. The first-order valence-corrected chi connectivity index (χ1v) is 9.90. The molecule has 1 atom stereocenters. The molecule has 0 aromatic carbocycles. The van der Waals surface area contributed by atoms with Crippen LogP contribution >= 0.6 is 11.3 Å².